The smallest absolute Gasteiger partial charge is 0.217 e. The fourth-order valence-corrected chi connectivity index (χ4v) is 4.53. The van der Waals surface area contributed by atoms with Crippen LogP contribution < -0.4 is 4.74 Å². The Morgan fingerprint density at radius 1 is 1.17 bits per heavy atom. The molecule has 1 spiro atoms. The van der Waals surface area contributed by atoms with Crippen molar-refractivity contribution in [1.29, 1.82) is 0 Å². The van der Waals surface area contributed by atoms with Crippen LogP contribution in [0.2, 0.25) is 0 Å². The van der Waals surface area contributed by atoms with Crippen molar-refractivity contribution in [2.24, 2.45) is 5.92 Å². The average molecular weight is 310 g/mol. The zero-order valence-electron chi connectivity index (χ0n) is 13.0. The van der Waals surface area contributed by atoms with Crippen molar-refractivity contribution >= 4 is 0 Å². The van der Waals surface area contributed by atoms with E-state index in [0.29, 0.717) is 5.92 Å². The number of fused-ring (bicyclic) bond motifs is 3. The van der Waals surface area contributed by atoms with Crippen molar-refractivity contribution in [3.05, 3.63) is 47.9 Å². The number of ether oxygens (including phenoxy) is 1. The first kappa shape index (κ1) is 13.5. The molecule has 2 bridgehead atoms. The van der Waals surface area contributed by atoms with E-state index in [0.717, 1.165) is 30.0 Å². The van der Waals surface area contributed by atoms with E-state index in [4.69, 9.17) is 4.74 Å². The summed E-state index contributed by atoms with van der Waals surface area (Å²) in [6.45, 7) is 3.42. The van der Waals surface area contributed by atoms with Gasteiger partial charge in [-0.3, -0.25) is 4.90 Å². The van der Waals surface area contributed by atoms with E-state index in [1.807, 2.05) is 6.07 Å². The molecule has 118 valence electrons. The molecule has 3 saturated heterocycles. The van der Waals surface area contributed by atoms with Gasteiger partial charge in [-0.25, -0.2) is 9.37 Å². The fourth-order valence-electron chi connectivity index (χ4n) is 4.53. The summed E-state index contributed by atoms with van der Waals surface area (Å²) in [5.74, 6) is 1.20. The van der Waals surface area contributed by atoms with E-state index >= 15 is 0 Å². The van der Waals surface area contributed by atoms with Crippen LogP contribution in [0, 0.1) is 11.7 Å². The van der Waals surface area contributed by atoms with Gasteiger partial charge in [-0.05, 0) is 49.7 Å². The molecule has 3 fully saturated rings. The third-order valence-electron chi connectivity index (χ3n) is 5.70. The minimum atomic E-state index is -0.215. The molecule has 5 heterocycles. The first-order valence-corrected chi connectivity index (χ1v) is 8.38. The van der Waals surface area contributed by atoms with Gasteiger partial charge < -0.3 is 4.74 Å². The molecule has 0 unspecified atom stereocenters. The Morgan fingerprint density at radius 3 is 2.78 bits per heavy atom. The summed E-state index contributed by atoms with van der Waals surface area (Å²) in [6, 6.07) is 8.82. The number of aromatic nitrogens is 1. The molecule has 4 heteroatoms. The second kappa shape index (κ2) is 4.78. The van der Waals surface area contributed by atoms with Crippen LogP contribution in [-0.4, -0.2) is 35.1 Å². The molecule has 4 aliphatic heterocycles. The van der Waals surface area contributed by atoms with Crippen molar-refractivity contribution in [2.75, 3.05) is 19.6 Å². The molecular formula is C19H19FN2O. The SMILES string of the molecule is Fc1cccc(-c2cnc3c(c2)C[C@@]2(CN4CCC2CC4)O3)c1. The molecule has 0 amide bonds. The summed E-state index contributed by atoms with van der Waals surface area (Å²) in [5.41, 5.74) is 2.92. The van der Waals surface area contributed by atoms with Crippen molar-refractivity contribution in [1.82, 2.24) is 9.88 Å². The maximum Gasteiger partial charge on any atom is 0.217 e. The molecule has 1 atom stereocenters. The van der Waals surface area contributed by atoms with Crippen LogP contribution in [0.5, 0.6) is 5.88 Å². The maximum absolute atomic E-state index is 13.5. The molecule has 23 heavy (non-hydrogen) atoms. The first-order valence-electron chi connectivity index (χ1n) is 8.38. The summed E-state index contributed by atoms with van der Waals surface area (Å²) < 4.78 is 19.8. The number of halogens is 1. The van der Waals surface area contributed by atoms with E-state index < -0.39 is 0 Å². The Kier molecular flexibility index (Phi) is 2.80. The normalized spacial score (nSPS) is 31.2. The van der Waals surface area contributed by atoms with Gasteiger partial charge in [-0.15, -0.1) is 0 Å². The number of benzene rings is 1. The third-order valence-corrected chi connectivity index (χ3v) is 5.70. The van der Waals surface area contributed by atoms with Gasteiger partial charge >= 0.3 is 0 Å². The van der Waals surface area contributed by atoms with Crippen LogP contribution in [0.25, 0.3) is 11.1 Å². The summed E-state index contributed by atoms with van der Waals surface area (Å²) >= 11 is 0. The molecule has 0 aliphatic carbocycles. The lowest BCUT2D eigenvalue weighted by molar-refractivity contribution is -0.0814. The molecule has 1 aromatic heterocycles. The van der Waals surface area contributed by atoms with Crippen molar-refractivity contribution in [3.63, 3.8) is 0 Å². The molecular weight excluding hydrogens is 291 g/mol. The van der Waals surface area contributed by atoms with E-state index in [2.05, 4.69) is 16.0 Å². The zero-order valence-corrected chi connectivity index (χ0v) is 13.0. The predicted octanol–water partition coefficient (Wildman–Crippen LogP) is 3.29. The molecule has 1 aromatic carbocycles. The number of hydrogen-bond donors (Lipinski definition) is 0. The zero-order chi connectivity index (χ0) is 15.4. The molecule has 4 aliphatic rings. The number of nitrogens with zero attached hydrogens (tertiary/aromatic N) is 2. The van der Waals surface area contributed by atoms with E-state index in [1.165, 1.54) is 37.6 Å². The molecule has 3 nitrogen and oxygen atoms in total. The molecule has 0 N–H and O–H groups in total. The minimum absolute atomic E-state index is 0.0770. The first-order chi connectivity index (χ1) is 11.2. The topological polar surface area (TPSA) is 25.4 Å². The van der Waals surface area contributed by atoms with Gasteiger partial charge in [0.1, 0.15) is 11.4 Å². The van der Waals surface area contributed by atoms with Gasteiger partial charge in [0.2, 0.25) is 5.88 Å². The third kappa shape index (κ3) is 2.08. The van der Waals surface area contributed by atoms with E-state index in [-0.39, 0.29) is 11.4 Å². The van der Waals surface area contributed by atoms with Crippen LogP contribution in [0.15, 0.2) is 36.5 Å². The Labute approximate surface area is 135 Å². The second-order valence-corrected chi connectivity index (χ2v) is 7.09. The summed E-state index contributed by atoms with van der Waals surface area (Å²) in [5, 5.41) is 0. The summed E-state index contributed by atoms with van der Waals surface area (Å²) in [6.07, 6.45) is 5.18. The summed E-state index contributed by atoms with van der Waals surface area (Å²) in [4.78, 5) is 7.05. The van der Waals surface area contributed by atoms with Gasteiger partial charge in [0.15, 0.2) is 0 Å². The van der Waals surface area contributed by atoms with E-state index in [1.54, 1.807) is 18.3 Å². The summed E-state index contributed by atoms with van der Waals surface area (Å²) in [7, 11) is 0. The Bertz CT molecular complexity index is 770. The lowest BCUT2D eigenvalue weighted by atomic mass is 9.73. The largest absolute Gasteiger partial charge is 0.469 e. The molecule has 0 saturated carbocycles. The van der Waals surface area contributed by atoms with Crippen LogP contribution in [-0.2, 0) is 6.42 Å². The van der Waals surface area contributed by atoms with Crippen LogP contribution in [0.3, 0.4) is 0 Å². The van der Waals surface area contributed by atoms with Crippen molar-refractivity contribution in [2.45, 2.75) is 24.9 Å². The van der Waals surface area contributed by atoms with Gasteiger partial charge in [-0.2, -0.15) is 0 Å². The lowest BCUT2D eigenvalue weighted by Crippen LogP contribution is -2.61. The second-order valence-electron chi connectivity index (χ2n) is 7.09. The number of rotatable bonds is 1. The van der Waals surface area contributed by atoms with E-state index in [9.17, 15) is 4.39 Å². The van der Waals surface area contributed by atoms with Gasteiger partial charge in [0, 0.05) is 36.2 Å². The number of piperidine rings is 3. The minimum Gasteiger partial charge on any atom is -0.469 e. The van der Waals surface area contributed by atoms with Gasteiger partial charge in [0.25, 0.3) is 0 Å². The average Bonchev–Trinajstić information content (AvgIpc) is 2.92. The highest BCUT2D eigenvalue weighted by atomic mass is 19.1. The highest BCUT2D eigenvalue weighted by Gasteiger charge is 2.52. The van der Waals surface area contributed by atoms with Crippen LogP contribution in [0.1, 0.15) is 18.4 Å². The monoisotopic (exact) mass is 310 g/mol. The van der Waals surface area contributed by atoms with Crippen LogP contribution in [0.4, 0.5) is 4.39 Å². The fraction of sp³-hybridized carbons (Fsp3) is 0.421. The quantitative estimate of drug-likeness (QED) is 0.808. The van der Waals surface area contributed by atoms with Crippen molar-refractivity contribution < 1.29 is 9.13 Å². The maximum atomic E-state index is 13.5. The lowest BCUT2D eigenvalue weighted by Gasteiger charge is -2.50. The highest BCUT2D eigenvalue weighted by molar-refractivity contribution is 5.64. The Morgan fingerprint density at radius 2 is 2.04 bits per heavy atom. The Hall–Kier alpha value is -1.94. The van der Waals surface area contributed by atoms with Gasteiger partial charge in [-0.1, -0.05) is 12.1 Å². The highest BCUT2D eigenvalue weighted by Crippen LogP contribution is 2.46. The number of pyridine rings is 1. The predicted molar refractivity (Wildman–Crippen MR) is 85.9 cm³/mol. The molecule has 2 aromatic rings. The van der Waals surface area contributed by atoms with Crippen LogP contribution >= 0.6 is 0 Å². The molecule has 6 rings (SSSR count). The van der Waals surface area contributed by atoms with Gasteiger partial charge in [0.05, 0.1) is 0 Å². The standard InChI is InChI=1S/C19H19FN2O/c20-17-3-1-2-13(9-17)15-8-14-10-19(23-18(14)21-11-15)12-22-6-4-16(19)5-7-22/h1-3,8-9,11,16H,4-7,10,12H2/t19-/m0/s1. The van der Waals surface area contributed by atoms with Crippen molar-refractivity contribution in [3.8, 4) is 17.0 Å². The Balaban J connectivity index is 1.49. The molecule has 0 radical (unpaired) electrons. The number of hydrogen-bond acceptors (Lipinski definition) is 3.